The van der Waals surface area contributed by atoms with Gasteiger partial charge in [-0.25, -0.2) is 15.8 Å². The molecule has 1 amide bonds. The van der Waals surface area contributed by atoms with Crippen molar-refractivity contribution >= 4 is 17.5 Å². The van der Waals surface area contributed by atoms with Crippen LogP contribution in [-0.4, -0.2) is 28.5 Å². The van der Waals surface area contributed by atoms with Gasteiger partial charge >= 0.3 is 0 Å². The fraction of sp³-hybridized carbons (Fsp3) is 0.615. The molecule has 0 unspecified atom stereocenters. The molecule has 1 heterocycles. The minimum atomic E-state index is -0.393. The van der Waals surface area contributed by atoms with Gasteiger partial charge in [0, 0.05) is 18.0 Å². The molecule has 0 spiro atoms. The standard InChI is InChI=1S/C13H24N6O/c1-5-6-11-16-12(18-15)9(4)13(17-11)19(8(2)3)7-10(14)20/h8H,5-7,15H2,1-4H3,(H2,14,20)(H,16,17,18). The Morgan fingerprint density at radius 1 is 1.40 bits per heavy atom. The zero-order valence-electron chi connectivity index (χ0n) is 12.6. The van der Waals surface area contributed by atoms with Crippen molar-refractivity contribution in [2.75, 3.05) is 16.9 Å². The summed E-state index contributed by atoms with van der Waals surface area (Å²) in [6.07, 6.45) is 1.69. The summed E-state index contributed by atoms with van der Waals surface area (Å²) < 4.78 is 0. The molecule has 0 aromatic carbocycles. The maximum Gasteiger partial charge on any atom is 0.237 e. The number of aryl methyl sites for hydroxylation is 1. The van der Waals surface area contributed by atoms with Crippen LogP contribution in [0.15, 0.2) is 0 Å². The molecule has 0 saturated heterocycles. The molecule has 0 aliphatic carbocycles. The van der Waals surface area contributed by atoms with E-state index in [0.29, 0.717) is 17.5 Å². The number of rotatable bonds is 7. The van der Waals surface area contributed by atoms with Crippen LogP contribution in [-0.2, 0) is 11.2 Å². The van der Waals surface area contributed by atoms with Crippen LogP contribution in [0.25, 0.3) is 0 Å². The fourth-order valence-corrected chi connectivity index (χ4v) is 1.98. The van der Waals surface area contributed by atoms with Gasteiger partial charge in [0.25, 0.3) is 0 Å². The molecular formula is C13H24N6O. The van der Waals surface area contributed by atoms with Crippen molar-refractivity contribution in [1.82, 2.24) is 9.97 Å². The van der Waals surface area contributed by atoms with Gasteiger partial charge in [0.05, 0.1) is 6.54 Å². The van der Waals surface area contributed by atoms with E-state index in [9.17, 15) is 4.79 Å². The molecule has 112 valence electrons. The number of nitrogens with one attached hydrogen (secondary N) is 1. The maximum absolute atomic E-state index is 11.3. The van der Waals surface area contributed by atoms with Crippen molar-refractivity contribution in [2.24, 2.45) is 11.6 Å². The quantitative estimate of drug-likeness (QED) is 0.501. The summed E-state index contributed by atoms with van der Waals surface area (Å²) in [7, 11) is 0. The SMILES string of the molecule is CCCc1nc(NN)c(C)c(N(CC(N)=O)C(C)C)n1. The van der Waals surface area contributed by atoms with E-state index in [-0.39, 0.29) is 12.6 Å². The first-order chi connectivity index (χ1) is 9.40. The van der Waals surface area contributed by atoms with Gasteiger partial charge in [-0.15, -0.1) is 0 Å². The molecule has 0 saturated carbocycles. The molecule has 0 atom stereocenters. The van der Waals surface area contributed by atoms with Crippen molar-refractivity contribution < 1.29 is 4.79 Å². The summed E-state index contributed by atoms with van der Waals surface area (Å²) in [6.45, 7) is 8.02. The topological polar surface area (TPSA) is 110 Å². The van der Waals surface area contributed by atoms with Gasteiger partial charge < -0.3 is 16.1 Å². The summed E-state index contributed by atoms with van der Waals surface area (Å²) >= 11 is 0. The number of carbonyl (C=O) groups is 1. The van der Waals surface area contributed by atoms with E-state index in [1.54, 1.807) is 0 Å². The highest BCUT2D eigenvalue weighted by atomic mass is 16.1. The number of nitrogen functional groups attached to an aromatic ring is 1. The molecule has 0 fully saturated rings. The molecule has 0 aliphatic heterocycles. The van der Waals surface area contributed by atoms with Crippen LogP contribution in [0.5, 0.6) is 0 Å². The molecule has 5 N–H and O–H groups in total. The van der Waals surface area contributed by atoms with Crippen molar-refractivity contribution in [3.63, 3.8) is 0 Å². The average molecular weight is 280 g/mol. The Balaban J connectivity index is 3.30. The average Bonchev–Trinajstić information content (AvgIpc) is 2.38. The van der Waals surface area contributed by atoms with Crippen LogP contribution in [0.4, 0.5) is 11.6 Å². The van der Waals surface area contributed by atoms with Gasteiger partial charge in [-0.05, 0) is 27.2 Å². The Morgan fingerprint density at radius 3 is 2.50 bits per heavy atom. The first kappa shape index (κ1) is 16.2. The summed E-state index contributed by atoms with van der Waals surface area (Å²) in [5.41, 5.74) is 8.72. The van der Waals surface area contributed by atoms with Gasteiger partial charge in [0.15, 0.2) is 0 Å². The van der Waals surface area contributed by atoms with Crippen molar-refractivity contribution in [1.29, 1.82) is 0 Å². The van der Waals surface area contributed by atoms with Gasteiger partial charge in [0.1, 0.15) is 17.5 Å². The largest absolute Gasteiger partial charge is 0.368 e. The third kappa shape index (κ3) is 3.80. The highest BCUT2D eigenvalue weighted by molar-refractivity contribution is 5.80. The lowest BCUT2D eigenvalue weighted by Gasteiger charge is -2.28. The molecule has 0 bridgehead atoms. The van der Waals surface area contributed by atoms with E-state index in [0.717, 1.165) is 18.4 Å². The lowest BCUT2D eigenvalue weighted by atomic mass is 10.2. The molecule has 1 aromatic rings. The number of primary amides is 1. The van der Waals surface area contributed by atoms with Crippen LogP contribution < -0.4 is 21.9 Å². The number of nitrogens with two attached hydrogens (primary N) is 2. The van der Waals surface area contributed by atoms with Crippen LogP contribution in [0.3, 0.4) is 0 Å². The lowest BCUT2D eigenvalue weighted by molar-refractivity contribution is -0.116. The molecule has 7 nitrogen and oxygen atoms in total. The maximum atomic E-state index is 11.3. The number of aromatic nitrogens is 2. The summed E-state index contributed by atoms with van der Waals surface area (Å²) in [5.74, 6) is 7.10. The minimum absolute atomic E-state index is 0.0937. The van der Waals surface area contributed by atoms with Crippen molar-refractivity contribution in [2.45, 2.75) is 46.6 Å². The predicted molar refractivity (Wildman–Crippen MR) is 80.3 cm³/mol. The van der Waals surface area contributed by atoms with E-state index in [1.165, 1.54) is 0 Å². The Morgan fingerprint density at radius 2 is 2.05 bits per heavy atom. The number of carbonyl (C=O) groups excluding carboxylic acids is 1. The number of hydrazine groups is 1. The zero-order chi connectivity index (χ0) is 15.3. The van der Waals surface area contributed by atoms with E-state index in [4.69, 9.17) is 11.6 Å². The summed E-state index contributed by atoms with van der Waals surface area (Å²) in [6, 6.07) is 0.0937. The third-order valence-corrected chi connectivity index (χ3v) is 3.00. The Hall–Kier alpha value is -1.89. The molecule has 1 rings (SSSR count). The first-order valence-corrected chi connectivity index (χ1v) is 6.79. The minimum Gasteiger partial charge on any atom is -0.368 e. The number of anilines is 2. The number of nitrogens with zero attached hydrogens (tertiary/aromatic N) is 3. The normalized spacial score (nSPS) is 10.7. The Bertz CT molecular complexity index is 474. The van der Waals surface area contributed by atoms with E-state index < -0.39 is 5.91 Å². The van der Waals surface area contributed by atoms with Gasteiger partial charge in [0.2, 0.25) is 5.91 Å². The second-order valence-electron chi connectivity index (χ2n) is 5.02. The predicted octanol–water partition coefficient (Wildman–Crippen LogP) is 0.723. The summed E-state index contributed by atoms with van der Waals surface area (Å²) in [4.78, 5) is 22.0. The second-order valence-corrected chi connectivity index (χ2v) is 5.02. The highest BCUT2D eigenvalue weighted by Gasteiger charge is 2.20. The Labute approximate surface area is 119 Å². The molecule has 20 heavy (non-hydrogen) atoms. The highest BCUT2D eigenvalue weighted by Crippen LogP contribution is 2.24. The van der Waals surface area contributed by atoms with Crippen molar-refractivity contribution in [3.8, 4) is 0 Å². The monoisotopic (exact) mass is 280 g/mol. The van der Waals surface area contributed by atoms with Gasteiger partial charge in [-0.2, -0.15) is 0 Å². The fourth-order valence-electron chi connectivity index (χ4n) is 1.98. The second kappa shape index (κ2) is 7.04. The van der Waals surface area contributed by atoms with E-state index >= 15 is 0 Å². The van der Waals surface area contributed by atoms with E-state index in [1.807, 2.05) is 25.7 Å². The molecular weight excluding hydrogens is 256 g/mol. The van der Waals surface area contributed by atoms with Crippen LogP contribution in [0.2, 0.25) is 0 Å². The van der Waals surface area contributed by atoms with Crippen LogP contribution in [0, 0.1) is 6.92 Å². The summed E-state index contributed by atoms with van der Waals surface area (Å²) in [5, 5.41) is 0. The van der Waals surface area contributed by atoms with Crippen molar-refractivity contribution in [3.05, 3.63) is 11.4 Å². The molecule has 7 heteroatoms. The number of amides is 1. The van der Waals surface area contributed by atoms with Gasteiger partial charge in [-0.1, -0.05) is 6.92 Å². The zero-order valence-corrected chi connectivity index (χ0v) is 12.6. The third-order valence-electron chi connectivity index (χ3n) is 3.00. The molecule has 1 aromatic heterocycles. The number of hydrogen-bond donors (Lipinski definition) is 3. The Kier molecular flexibility index (Phi) is 5.69. The van der Waals surface area contributed by atoms with E-state index in [2.05, 4.69) is 22.3 Å². The smallest absolute Gasteiger partial charge is 0.237 e. The first-order valence-electron chi connectivity index (χ1n) is 6.79. The van der Waals surface area contributed by atoms with Gasteiger partial charge in [-0.3, -0.25) is 4.79 Å². The number of hydrogen-bond acceptors (Lipinski definition) is 6. The van der Waals surface area contributed by atoms with Crippen LogP contribution in [0.1, 0.15) is 38.6 Å². The lowest BCUT2D eigenvalue weighted by Crippen LogP contribution is -2.40. The molecule has 0 radical (unpaired) electrons. The van der Waals surface area contributed by atoms with Crippen LogP contribution >= 0.6 is 0 Å². The molecule has 0 aliphatic rings.